The van der Waals surface area contributed by atoms with Crippen LogP contribution in [0.5, 0.6) is 0 Å². The summed E-state index contributed by atoms with van der Waals surface area (Å²) in [4.78, 5) is 32.6. The average molecular weight is 620 g/mol. The fourth-order valence-electron chi connectivity index (χ4n) is 5.14. The number of rotatable bonds is 5. The molecule has 1 unspecified atom stereocenters. The standard InChI is InChI=1S/C31H24ClF6N3O2/c32-24-8-5-19(6-9-24)7-10-28(42)40-11-12-41(25(18-40)15-21-17-39-27-4-2-1-3-26(21)27)29(43)20-13-22(30(33,34)35)16-23(14-20)31(36,37)38/h1-10,13-14,16-17,25,39H,11-12,15,18H2. The second-order valence-electron chi connectivity index (χ2n) is 10.2. The Morgan fingerprint density at radius 3 is 2.21 bits per heavy atom. The summed E-state index contributed by atoms with van der Waals surface area (Å²) in [6.07, 6.45) is -5.29. The zero-order chi connectivity index (χ0) is 30.9. The van der Waals surface area contributed by atoms with Crippen molar-refractivity contribution in [3.8, 4) is 0 Å². The highest BCUT2D eigenvalue weighted by Crippen LogP contribution is 2.37. The number of hydrogen-bond acceptors (Lipinski definition) is 2. The van der Waals surface area contributed by atoms with E-state index < -0.39 is 41.0 Å². The quantitative estimate of drug-likeness (QED) is 0.186. The molecule has 43 heavy (non-hydrogen) atoms. The molecule has 1 aromatic heterocycles. The summed E-state index contributed by atoms with van der Waals surface area (Å²) in [5.74, 6) is -1.34. The van der Waals surface area contributed by atoms with Gasteiger partial charge in [0.15, 0.2) is 0 Å². The average Bonchev–Trinajstić information content (AvgIpc) is 3.38. The number of H-pyrrole nitrogens is 1. The van der Waals surface area contributed by atoms with Crippen LogP contribution in [-0.4, -0.2) is 52.3 Å². The molecule has 2 heterocycles. The van der Waals surface area contributed by atoms with Crippen molar-refractivity contribution in [2.45, 2.75) is 24.8 Å². The molecular formula is C31H24ClF6N3O2. The second kappa shape index (κ2) is 11.8. The number of nitrogens with one attached hydrogen (secondary N) is 1. The van der Waals surface area contributed by atoms with E-state index in [0.29, 0.717) is 17.2 Å². The van der Waals surface area contributed by atoms with Crippen molar-refractivity contribution in [2.75, 3.05) is 19.6 Å². The second-order valence-corrected chi connectivity index (χ2v) is 10.6. The van der Waals surface area contributed by atoms with Crippen molar-refractivity contribution >= 4 is 40.4 Å². The summed E-state index contributed by atoms with van der Waals surface area (Å²) in [6, 6.07) is 14.3. The molecule has 1 aliphatic heterocycles. The van der Waals surface area contributed by atoms with Gasteiger partial charge in [-0.1, -0.05) is 41.9 Å². The minimum atomic E-state index is -5.10. The number of para-hydroxylation sites is 1. The lowest BCUT2D eigenvalue weighted by molar-refractivity contribution is -0.143. The fraction of sp³-hybridized carbons (Fsp3) is 0.226. The van der Waals surface area contributed by atoms with E-state index in [1.165, 1.54) is 15.9 Å². The molecule has 0 saturated carbocycles. The van der Waals surface area contributed by atoms with Crippen molar-refractivity contribution < 1.29 is 35.9 Å². The van der Waals surface area contributed by atoms with Gasteiger partial charge in [0.1, 0.15) is 0 Å². The molecule has 0 bridgehead atoms. The van der Waals surface area contributed by atoms with E-state index in [9.17, 15) is 35.9 Å². The van der Waals surface area contributed by atoms with Gasteiger partial charge in [-0.15, -0.1) is 0 Å². The first-order chi connectivity index (χ1) is 20.3. The molecular weight excluding hydrogens is 596 g/mol. The van der Waals surface area contributed by atoms with Crippen molar-refractivity contribution in [1.82, 2.24) is 14.8 Å². The van der Waals surface area contributed by atoms with E-state index in [2.05, 4.69) is 4.98 Å². The summed E-state index contributed by atoms with van der Waals surface area (Å²) in [5.41, 5.74) is -1.54. The number of benzene rings is 3. The maximum absolute atomic E-state index is 13.6. The summed E-state index contributed by atoms with van der Waals surface area (Å²) in [6.45, 7) is -0.0465. The van der Waals surface area contributed by atoms with Gasteiger partial charge in [0.25, 0.3) is 5.91 Å². The molecule has 2 amide bonds. The van der Waals surface area contributed by atoms with E-state index in [4.69, 9.17) is 11.6 Å². The third-order valence-corrected chi connectivity index (χ3v) is 7.56. The van der Waals surface area contributed by atoms with Crippen molar-refractivity contribution in [2.24, 2.45) is 0 Å². The van der Waals surface area contributed by atoms with Gasteiger partial charge in [0.05, 0.1) is 17.2 Å². The van der Waals surface area contributed by atoms with Crippen LogP contribution in [0.3, 0.4) is 0 Å². The Morgan fingerprint density at radius 1 is 0.907 bits per heavy atom. The Bertz CT molecular complexity index is 1650. The van der Waals surface area contributed by atoms with Gasteiger partial charge in [0.2, 0.25) is 5.91 Å². The van der Waals surface area contributed by atoms with E-state index in [0.717, 1.165) is 22.0 Å². The smallest absolute Gasteiger partial charge is 0.361 e. The number of aromatic amines is 1. The highest BCUT2D eigenvalue weighted by atomic mass is 35.5. The number of carbonyl (C=O) groups is 2. The Kier molecular flexibility index (Phi) is 8.29. The Morgan fingerprint density at radius 2 is 1.56 bits per heavy atom. The molecule has 1 atom stereocenters. The molecule has 0 spiro atoms. The number of alkyl halides is 6. The molecule has 12 heteroatoms. The highest BCUT2D eigenvalue weighted by molar-refractivity contribution is 6.30. The molecule has 3 aromatic carbocycles. The molecule has 1 fully saturated rings. The summed E-state index contributed by atoms with van der Waals surface area (Å²) < 4.78 is 81.1. The molecule has 224 valence electrons. The molecule has 1 aliphatic rings. The number of piperazine rings is 1. The number of halogens is 7. The van der Waals surface area contributed by atoms with E-state index in [1.54, 1.807) is 36.5 Å². The van der Waals surface area contributed by atoms with E-state index in [1.807, 2.05) is 24.3 Å². The van der Waals surface area contributed by atoms with Crippen LogP contribution in [0, 0.1) is 0 Å². The van der Waals surface area contributed by atoms with Gasteiger partial charge in [0, 0.05) is 53.4 Å². The van der Waals surface area contributed by atoms with Crippen molar-refractivity contribution in [1.29, 1.82) is 0 Å². The van der Waals surface area contributed by atoms with Crippen molar-refractivity contribution in [3.05, 3.63) is 112 Å². The number of nitrogens with zero attached hydrogens (tertiary/aromatic N) is 2. The molecule has 0 radical (unpaired) electrons. The van der Waals surface area contributed by atoms with Gasteiger partial charge < -0.3 is 14.8 Å². The SMILES string of the molecule is O=C(C=Cc1ccc(Cl)cc1)N1CCN(C(=O)c2cc(C(F)(F)F)cc(C(F)(F)F)c2)C(Cc2c[nH]c3ccccc23)C1. The minimum absolute atomic E-state index is 0.0101. The Balaban J connectivity index is 1.46. The third kappa shape index (κ3) is 6.88. The first kappa shape index (κ1) is 30.2. The lowest BCUT2D eigenvalue weighted by atomic mass is 9.98. The van der Waals surface area contributed by atoms with Gasteiger partial charge in [-0.05, 0) is 60.0 Å². The number of amides is 2. The van der Waals surface area contributed by atoms with Crippen LogP contribution in [0.25, 0.3) is 17.0 Å². The van der Waals surface area contributed by atoms with Gasteiger partial charge in [-0.2, -0.15) is 26.3 Å². The predicted octanol–water partition coefficient (Wildman–Crippen LogP) is 7.47. The van der Waals surface area contributed by atoms with Crippen LogP contribution in [-0.2, 0) is 23.6 Å². The molecule has 5 nitrogen and oxygen atoms in total. The van der Waals surface area contributed by atoms with Crippen LogP contribution in [0.1, 0.15) is 32.6 Å². The zero-order valence-corrected chi connectivity index (χ0v) is 23.1. The predicted molar refractivity (Wildman–Crippen MR) is 150 cm³/mol. The first-order valence-electron chi connectivity index (χ1n) is 13.2. The first-order valence-corrected chi connectivity index (χ1v) is 13.6. The number of aromatic nitrogens is 1. The van der Waals surface area contributed by atoms with E-state index in [-0.39, 0.29) is 38.0 Å². The monoisotopic (exact) mass is 619 g/mol. The normalized spacial score (nSPS) is 16.3. The minimum Gasteiger partial charge on any atom is -0.361 e. The van der Waals surface area contributed by atoms with Crippen LogP contribution < -0.4 is 0 Å². The summed E-state index contributed by atoms with van der Waals surface area (Å²) in [5, 5.41) is 1.38. The van der Waals surface area contributed by atoms with Crippen molar-refractivity contribution in [3.63, 3.8) is 0 Å². The van der Waals surface area contributed by atoms with Crippen LogP contribution >= 0.6 is 11.6 Å². The maximum Gasteiger partial charge on any atom is 0.416 e. The zero-order valence-electron chi connectivity index (χ0n) is 22.3. The maximum atomic E-state index is 13.6. The highest BCUT2D eigenvalue weighted by Gasteiger charge is 2.39. The topological polar surface area (TPSA) is 56.4 Å². The number of fused-ring (bicyclic) bond motifs is 1. The molecule has 5 rings (SSSR count). The lowest BCUT2D eigenvalue weighted by Gasteiger charge is -2.41. The lowest BCUT2D eigenvalue weighted by Crippen LogP contribution is -2.57. The van der Waals surface area contributed by atoms with Gasteiger partial charge >= 0.3 is 12.4 Å². The summed E-state index contributed by atoms with van der Waals surface area (Å²) in [7, 11) is 0. The fourth-order valence-corrected chi connectivity index (χ4v) is 5.27. The Labute approximate surface area is 247 Å². The van der Waals surface area contributed by atoms with Crippen LogP contribution in [0.2, 0.25) is 5.02 Å². The molecule has 1 N–H and O–H groups in total. The van der Waals surface area contributed by atoms with Gasteiger partial charge in [-0.25, -0.2) is 0 Å². The molecule has 4 aromatic rings. The molecule has 0 aliphatic carbocycles. The largest absolute Gasteiger partial charge is 0.416 e. The van der Waals surface area contributed by atoms with Gasteiger partial charge in [-0.3, -0.25) is 9.59 Å². The van der Waals surface area contributed by atoms with Crippen LogP contribution in [0.15, 0.2) is 79.0 Å². The third-order valence-electron chi connectivity index (χ3n) is 7.31. The van der Waals surface area contributed by atoms with E-state index >= 15 is 0 Å². The molecule has 1 saturated heterocycles. The number of hydrogen-bond donors (Lipinski definition) is 1. The summed E-state index contributed by atoms with van der Waals surface area (Å²) >= 11 is 5.91. The number of carbonyl (C=O) groups excluding carboxylic acids is 2. The van der Waals surface area contributed by atoms with Crippen LogP contribution in [0.4, 0.5) is 26.3 Å². The Hall–Kier alpha value is -4.25.